The SMILES string of the molecule is O=C1OCCC=C[C@@H]2S[C@]34C=CCN(Cn5nnc6ccccc65)C(=O)C3N(CCCCCO)C(=O)[C@@H]4[C@H]12. The fourth-order valence-corrected chi connectivity index (χ4v) is 8.28. The van der Waals surface area contributed by atoms with Crippen LogP contribution in [-0.4, -0.2) is 90.0 Å². The molecule has 11 heteroatoms. The van der Waals surface area contributed by atoms with Crippen molar-refractivity contribution in [3.8, 4) is 0 Å². The van der Waals surface area contributed by atoms with E-state index in [0.29, 0.717) is 39.0 Å². The quantitative estimate of drug-likeness (QED) is 0.323. The average molecular weight is 538 g/mol. The molecule has 1 aromatic carbocycles. The van der Waals surface area contributed by atoms with Crippen LogP contribution in [0.2, 0.25) is 0 Å². The number of fused-ring (bicyclic) bond motifs is 3. The van der Waals surface area contributed by atoms with Gasteiger partial charge in [0, 0.05) is 24.9 Å². The molecule has 0 aliphatic carbocycles. The molecule has 1 spiro atoms. The van der Waals surface area contributed by atoms with Gasteiger partial charge in [0.1, 0.15) is 18.2 Å². The van der Waals surface area contributed by atoms with E-state index in [-0.39, 0.29) is 36.3 Å². The highest BCUT2D eigenvalue weighted by Gasteiger charge is 2.70. The van der Waals surface area contributed by atoms with Crippen molar-refractivity contribution in [3.63, 3.8) is 0 Å². The summed E-state index contributed by atoms with van der Waals surface area (Å²) in [7, 11) is 0. The Morgan fingerprint density at radius 2 is 1.97 bits per heavy atom. The Labute approximate surface area is 224 Å². The number of carbonyl (C=O) groups excluding carboxylic acids is 3. The topological polar surface area (TPSA) is 118 Å². The summed E-state index contributed by atoms with van der Waals surface area (Å²) in [5.74, 6) is -2.01. The third-order valence-corrected chi connectivity index (χ3v) is 9.73. The van der Waals surface area contributed by atoms with E-state index in [1.165, 1.54) is 0 Å². The van der Waals surface area contributed by atoms with Crippen LogP contribution >= 0.6 is 11.8 Å². The first kappa shape index (κ1) is 25.1. The molecule has 2 aromatic rings. The molecule has 5 atom stereocenters. The van der Waals surface area contributed by atoms with Crippen LogP contribution in [-0.2, 0) is 25.8 Å². The van der Waals surface area contributed by atoms with Crippen LogP contribution in [0.3, 0.4) is 0 Å². The van der Waals surface area contributed by atoms with Gasteiger partial charge in [0.05, 0.1) is 28.7 Å². The number of benzene rings is 1. The molecule has 1 N–H and O–H groups in total. The minimum Gasteiger partial charge on any atom is -0.465 e. The first-order valence-electron chi connectivity index (χ1n) is 13.2. The van der Waals surface area contributed by atoms with Crippen LogP contribution in [0.25, 0.3) is 11.0 Å². The van der Waals surface area contributed by atoms with Gasteiger partial charge in [-0.1, -0.05) is 41.7 Å². The number of para-hydroxylation sites is 1. The standard InChI is InChI=1S/C27H31N5O5S/c33-15-6-1-5-14-31-23-25(35)30(17-32-19-10-3-2-9-18(19)28-29-32)13-8-12-27(23)22(24(31)34)21-20(38-27)11-4-7-16-37-26(21)36/h2-4,8-12,20-23,33H,1,5-7,13-17H2/t20-,21+,22-,23?,27-/m0/s1. The molecule has 2 saturated heterocycles. The monoisotopic (exact) mass is 537 g/mol. The molecule has 0 bridgehead atoms. The number of carbonyl (C=O) groups is 3. The summed E-state index contributed by atoms with van der Waals surface area (Å²) in [5, 5.41) is 17.5. The number of cyclic esters (lactones) is 1. The zero-order valence-corrected chi connectivity index (χ0v) is 21.8. The largest absolute Gasteiger partial charge is 0.465 e. The molecule has 1 aromatic heterocycles. The lowest BCUT2D eigenvalue weighted by Gasteiger charge is -2.35. The number of aromatic nitrogens is 3. The maximum Gasteiger partial charge on any atom is 0.311 e. The van der Waals surface area contributed by atoms with Gasteiger partial charge in [0.25, 0.3) is 0 Å². The summed E-state index contributed by atoms with van der Waals surface area (Å²) in [6, 6.07) is 6.84. The van der Waals surface area contributed by atoms with Gasteiger partial charge < -0.3 is 19.6 Å². The Morgan fingerprint density at radius 1 is 1.11 bits per heavy atom. The van der Waals surface area contributed by atoms with Crippen molar-refractivity contribution in [2.45, 2.75) is 48.4 Å². The third-order valence-electron chi connectivity index (χ3n) is 7.99. The number of hydrogen-bond acceptors (Lipinski definition) is 8. The molecule has 2 fully saturated rings. The molecule has 1 unspecified atom stereocenters. The van der Waals surface area contributed by atoms with Gasteiger partial charge >= 0.3 is 5.97 Å². The predicted octanol–water partition coefficient (Wildman–Crippen LogP) is 1.75. The van der Waals surface area contributed by atoms with Crippen molar-refractivity contribution >= 4 is 40.6 Å². The number of unbranched alkanes of at least 4 members (excludes halogenated alkanes) is 2. The smallest absolute Gasteiger partial charge is 0.311 e. The van der Waals surface area contributed by atoms with E-state index < -0.39 is 22.6 Å². The van der Waals surface area contributed by atoms with E-state index >= 15 is 0 Å². The van der Waals surface area contributed by atoms with Crippen molar-refractivity contribution in [1.82, 2.24) is 24.8 Å². The van der Waals surface area contributed by atoms with Crippen LogP contribution < -0.4 is 0 Å². The lowest BCUT2D eigenvalue weighted by molar-refractivity contribution is -0.153. The minimum absolute atomic E-state index is 0.0863. The summed E-state index contributed by atoms with van der Waals surface area (Å²) < 4.78 is 6.36. The molecular weight excluding hydrogens is 506 g/mol. The molecule has 2 amide bonds. The lowest BCUT2D eigenvalue weighted by atomic mass is 9.78. The number of likely N-dealkylation sites (tertiary alicyclic amines) is 1. The highest BCUT2D eigenvalue weighted by atomic mass is 32.2. The Morgan fingerprint density at radius 3 is 2.84 bits per heavy atom. The fourth-order valence-electron chi connectivity index (χ4n) is 6.27. The number of aliphatic hydroxyl groups excluding tert-OH is 1. The van der Waals surface area contributed by atoms with Gasteiger partial charge in [0.15, 0.2) is 0 Å². The summed E-state index contributed by atoms with van der Waals surface area (Å²) >= 11 is 1.54. The second-order valence-electron chi connectivity index (χ2n) is 10.2. The van der Waals surface area contributed by atoms with Crippen LogP contribution in [0, 0.1) is 11.8 Å². The molecule has 6 rings (SSSR count). The number of nitrogens with zero attached hydrogens (tertiary/aromatic N) is 5. The van der Waals surface area contributed by atoms with E-state index in [2.05, 4.69) is 10.3 Å². The number of aliphatic hydroxyl groups is 1. The van der Waals surface area contributed by atoms with E-state index in [0.717, 1.165) is 17.5 Å². The molecule has 0 radical (unpaired) electrons. The van der Waals surface area contributed by atoms with Crippen molar-refractivity contribution in [2.24, 2.45) is 11.8 Å². The van der Waals surface area contributed by atoms with Crippen molar-refractivity contribution in [3.05, 3.63) is 48.6 Å². The van der Waals surface area contributed by atoms with E-state index in [4.69, 9.17) is 4.74 Å². The number of hydrogen-bond donors (Lipinski definition) is 1. The predicted molar refractivity (Wildman–Crippen MR) is 141 cm³/mol. The zero-order valence-electron chi connectivity index (χ0n) is 21.0. The number of rotatable bonds is 7. The van der Waals surface area contributed by atoms with Crippen LogP contribution in [0.15, 0.2) is 48.6 Å². The van der Waals surface area contributed by atoms with E-state index in [9.17, 15) is 19.5 Å². The Hall–Kier alpha value is -3.18. The second kappa shape index (κ2) is 10.2. The maximum atomic E-state index is 14.3. The average Bonchev–Trinajstić information content (AvgIpc) is 3.50. The van der Waals surface area contributed by atoms with Gasteiger partial charge in [-0.15, -0.1) is 16.9 Å². The third kappa shape index (κ3) is 4.03. The maximum absolute atomic E-state index is 14.3. The van der Waals surface area contributed by atoms with Crippen LogP contribution in [0.4, 0.5) is 0 Å². The number of esters is 1. The second-order valence-corrected chi connectivity index (χ2v) is 11.7. The summed E-state index contributed by atoms with van der Waals surface area (Å²) in [6.45, 7) is 1.33. The molecule has 0 saturated carbocycles. The minimum atomic E-state index is -0.868. The van der Waals surface area contributed by atoms with Gasteiger partial charge in [-0.25, -0.2) is 4.68 Å². The first-order valence-corrected chi connectivity index (χ1v) is 14.1. The fraction of sp³-hybridized carbons (Fsp3) is 0.519. The number of ether oxygens (including phenoxy) is 1. The van der Waals surface area contributed by atoms with Gasteiger partial charge in [-0.2, -0.15) is 0 Å². The van der Waals surface area contributed by atoms with E-state index in [1.54, 1.807) is 26.2 Å². The van der Waals surface area contributed by atoms with E-state index in [1.807, 2.05) is 48.6 Å². The van der Waals surface area contributed by atoms with Crippen LogP contribution in [0.5, 0.6) is 0 Å². The molecule has 5 heterocycles. The molecule has 38 heavy (non-hydrogen) atoms. The van der Waals surface area contributed by atoms with Gasteiger partial charge in [-0.05, 0) is 37.8 Å². The first-order chi connectivity index (χ1) is 18.5. The molecule has 10 nitrogen and oxygen atoms in total. The van der Waals surface area contributed by atoms with Crippen molar-refractivity contribution in [1.29, 1.82) is 0 Å². The Kier molecular flexibility index (Phi) is 6.73. The Bertz CT molecular complexity index is 1310. The zero-order chi connectivity index (χ0) is 26.3. The highest BCUT2D eigenvalue weighted by Crippen LogP contribution is 2.60. The summed E-state index contributed by atoms with van der Waals surface area (Å²) in [5.41, 5.74) is 1.57. The Balaban J connectivity index is 1.37. The summed E-state index contributed by atoms with van der Waals surface area (Å²) in [4.78, 5) is 45.0. The van der Waals surface area contributed by atoms with Gasteiger partial charge in [-0.3, -0.25) is 14.4 Å². The molecular formula is C27H31N5O5S. The number of amides is 2. The summed E-state index contributed by atoms with van der Waals surface area (Å²) in [6.07, 6.45) is 10.7. The highest BCUT2D eigenvalue weighted by molar-refractivity contribution is 8.02. The molecule has 4 aliphatic rings. The molecule has 4 aliphatic heterocycles. The molecule has 200 valence electrons. The van der Waals surface area contributed by atoms with Crippen molar-refractivity contribution in [2.75, 3.05) is 26.3 Å². The normalized spacial score (nSPS) is 30.6. The lowest BCUT2D eigenvalue weighted by Crippen LogP contribution is -2.53. The van der Waals surface area contributed by atoms with Gasteiger partial charge in [0.2, 0.25) is 11.8 Å². The van der Waals surface area contributed by atoms with Crippen LogP contribution in [0.1, 0.15) is 25.7 Å². The number of thioether (sulfide) groups is 1. The van der Waals surface area contributed by atoms with Crippen molar-refractivity contribution < 1.29 is 24.2 Å².